The third kappa shape index (κ3) is 2.64. The van der Waals surface area contributed by atoms with Gasteiger partial charge in [-0.05, 0) is 39.8 Å². The molecule has 0 aromatic carbocycles. The van der Waals surface area contributed by atoms with Crippen LogP contribution in [0.5, 0.6) is 0 Å². The van der Waals surface area contributed by atoms with Gasteiger partial charge in [-0.25, -0.2) is 0 Å². The summed E-state index contributed by atoms with van der Waals surface area (Å²) in [4.78, 5) is 0. The number of furan rings is 1. The van der Waals surface area contributed by atoms with Gasteiger partial charge >= 0.3 is 0 Å². The zero-order chi connectivity index (χ0) is 13.3. The van der Waals surface area contributed by atoms with Crippen molar-refractivity contribution >= 4 is 0 Å². The lowest BCUT2D eigenvalue weighted by atomic mass is 10.1. The molecular formula is C14H21N3O. The van der Waals surface area contributed by atoms with E-state index in [2.05, 4.69) is 29.5 Å². The Morgan fingerprint density at radius 3 is 2.56 bits per heavy atom. The third-order valence-electron chi connectivity index (χ3n) is 3.23. The maximum absolute atomic E-state index is 5.56. The van der Waals surface area contributed by atoms with Gasteiger partial charge in [0.15, 0.2) is 0 Å². The lowest BCUT2D eigenvalue weighted by Crippen LogP contribution is -2.19. The molecule has 0 amide bonds. The van der Waals surface area contributed by atoms with Crippen molar-refractivity contribution in [2.75, 3.05) is 0 Å². The summed E-state index contributed by atoms with van der Waals surface area (Å²) in [6.45, 7) is 8.96. The van der Waals surface area contributed by atoms with Crippen LogP contribution >= 0.6 is 0 Å². The van der Waals surface area contributed by atoms with Gasteiger partial charge in [-0.15, -0.1) is 0 Å². The van der Waals surface area contributed by atoms with Gasteiger partial charge in [-0.2, -0.15) is 5.10 Å². The second-order valence-electron chi connectivity index (χ2n) is 4.87. The topological polar surface area (TPSA) is 43.0 Å². The second-order valence-corrected chi connectivity index (χ2v) is 4.87. The van der Waals surface area contributed by atoms with Crippen LogP contribution in [-0.2, 0) is 13.6 Å². The van der Waals surface area contributed by atoms with Crippen molar-refractivity contribution in [2.24, 2.45) is 7.05 Å². The Morgan fingerprint density at radius 1 is 1.33 bits per heavy atom. The van der Waals surface area contributed by atoms with Crippen molar-refractivity contribution in [3.05, 3.63) is 40.6 Å². The molecule has 0 fully saturated rings. The maximum Gasteiger partial charge on any atom is 0.105 e. The molecule has 0 aliphatic heterocycles. The summed E-state index contributed by atoms with van der Waals surface area (Å²) in [6.07, 6.45) is 0. The van der Waals surface area contributed by atoms with E-state index >= 15 is 0 Å². The van der Waals surface area contributed by atoms with Gasteiger partial charge in [0.25, 0.3) is 0 Å². The van der Waals surface area contributed by atoms with Crippen LogP contribution in [0, 0.1) is 20.8 Å². The number of hydrogen-bond donors (Lipinski definition) is 1. The molecular weight excluding hydrogens is 226 g/mol. The highest BCUT2D eigenvalue weighted by molar-refractivity contribution is 5.23. The fourth-order valence-electron chi connectivity index (χ4n) is 2.28. The van der Waals surface area contributed by atoms with Crippen LogP contribution < -0.4 is 5.32 Å². The summed E-state index contributed by atoms with van der Waals surface area (Å²) < 4.78 is 7.48. The Balaban J connectivity index is 2.02. The molecule has 0 spiro atoms. The smallest absolute Gasteiger partial charge is 0.105 e. The molecule has 0 saturated heterocycles. The van der Waals surface area contributed by atoms with E-state index in [1.807, 2.05) is 32.5 Å². The van der Waals surface area contributed by atoms with Gasteiger partial charge in [-0.3, -0.25) is 4.68 Å². The summed E-state index contributed by atoms with van der Waals surface area (Å²) in [7, 11) is 1.97. The molecule has 0 aliphatic carbocycles. The van der Waals surface area contributed by atoms with Crippen molar-refractivity contribution in [2.45, 2.75) is 40.3 Å². The van der Waals surface area contributed by atoms with Gasteiger partial charge in [-0.1, -0.05) is 0 Å². The fraction of sp³-hybridized carbons (Fsp3) is 0.500. The zero-order valence-corrected chi connectivity index (χ0v) is 11.7. The predicted molar refractivity (Wildman–Crippen MR) is 71.4 cm³/mol. The summed E-state index contributed by atoms with van der Waals surface area (Å²) in [6, 6.07) is 4.48. The predicted octanol–water partition coefficient (Wildman–Crippen LogP) is 2.79. The van der Waals surface area contributed by atoms with Crippen LogP contribution in [0.15, 0.2) is 16.5 Å². The fourth-order valence-corrected chi connectivity index (χ4v) is 2.28. The van der Waals surface area contributed by atoms with Crippen molar-refractivity contribution in [3.8, 4) is 0 Å². The highest BCUT2D eigenvalue weighted by Crippen LogP contribution is 2.21. The summed E-state index contributed by atoms with van der Waals surface area (Å²) in [5.74, 6) is 1.96. The molecule has 2 rings (SSSR count). The van der Waals surface area contributed by atoms with Gasteiger partial charge in [0.05, 0.1) is 11.4 Å². The minimum Gasteiger partial charge on any atom is -0.466 e. The van der Waals surface area contributed by atoms with E-state index in [1.54, 1.807) is 0 Å². The summed E-state index contributed by atoms with van der Waals surface area (Å²) in [5.41, 5.74) is 3.47. The van der Waals surface area contributed by atoms with Crippen LogP contribution in [0.3, 0.4) is 0 Å². The van der Waals surface area contributed by atoms with Crippen molar-refractivity contribution < 1.29 is 4.42 Å². The average molecular weight is 247 g/mol. The molecule has 2 aromatic heterocycles. The van der Waals surface area contributed by atoms with Crippen molar-refractivity contribution in [1.82, 2.24) is 15.1 Å². The normalized spacial score (nSPS) is 12.9. The average Bonchev–Trinajstić information content (AvgIpc) is 2.78. The Hall–Kier alpha value is -1.55. The number of aryl methyl sites for hydroxylation is 4. The van der Waals surface area contributed by atoms with Crippen LogP contribution in [-0.4, -0.2) is 9.78 Å². The first kappa shape index (κ1) is 12.9. The highest BCUT2D eigenvalue weighted by atomic mass is 16.3. The minimum absolute atomic E-state index is 0.276. The monoisotopic (exact) mass is 247 g/mol. The molecule has 4 heteroatoms. The van der Waals surface area contributed by atoms with E-state index in [0.29, 0.717) is 0 Å². The van der Waals surface area contributed by atoms with Crippen LogP contribution in [0.25, 0.3) is 0 Å². The van der Waals surface area contributed by atoms with Gasteiger partial charge < -0.3 is 9.73 Å². The quantitative estimate of drug-likeness (QED) is 0.903. The van der Waals surface area contributed by atoms with Gasteiger partial charge in [0.2, 0.25) is 0 Å². The Labute approximate surface area is 108 Å². The Bertz CT molecular complexity index is 539. The maximum atomic E-state index is 5.56. The number of nitrogens with one attached hydrogen (secondary N) is 1. The molecule has 4 nitrogen and oxygen atoms in total. The van der Waals surface area contributed by atoms with Crippen molar-refractivity contribution in [1.29, 1.82) is 0 Å². The van der Waals surface area contributed by atoms with Crippen LogP contribution in [0.4, 0.5) is 0 Å². The Morgan fingerprint density at radius 2 is 2.06 bits per heavy atom. The first-order valence-corrected chi connectivity index (χ1v) is 6.27. The molecule has 0 aliphatic rings. The number of rotatable bonds is 4. The molecule has 98 valence electrons. The Kier molecular flexibility index (Phi) is 3.57. The van der Waals surface area contributed by atoms with E-state index in [4.69, 9.17) is 4.42 Å². The van der Waals surface area contributed by atoms with Gasteiger partial charge in [0.1, 0.15) is 11.5 Å². The molecule has 2 aromatic rings. The molecule has 0 saturated carbocycles. The summed E-state index contributed by atoms with van der Waals surface area (Å²) >= 11 is 0. The van der Waals surface area contributed by atoms with E-state index in [1.165, 1.54) is 11.3 Å². The number of nitrogens with zero attached hydrogens (tertiary/aromatic N) is 2. The first-order valence-electron chi connectivity index (χ1n) is 6.27. The third-order valence-corrected chi connectivity index (χ3v) is 3.23. The van der Waals surface area contributed by atoms with E-state index in [0.717, 1.165) is 23.8 Å². The molecule has 18 heavy (non-hydrogen) atoms. The lowest BCUT2D eigenvalue weighted by molar-refractivity contribution is 0.487. The minimum atomic E-state index is 0.276. The van der Waals surface area contributed by atoms with Crippen molar-refractivity contribution in [3.63, 3.8) is 0 Å². The first-order chi connectivity index (χ1) is 8.47. The highest BCUT2D eigenvalue weighted by Gasteiger charge is 2.12. The van der Waals surface area contributed by atoms with E-state index in [9.17, 15) is 0 Å². The van der Waals surface area contributed by atoms with Crippen LogP contribution in [0.1, 0.15) is 41.4 Å². The van der Waals surface area contributed by atoms with E-state index in [-0.39, 0.29) is 6.04 Å². The van der Waals surface area contributed by atoms with Gasteiger partial charge in [0, 0.05) is 25.2 Å². The van der Waals surface area contributed by atoms with E-state index < -0.39 is 0 Å². The SMILES string of the molecule is Cc1cc(CNC(C)c2cc(C)oc2C)n(C)n1. The molecule has 1 unspecified atom stereocenters. The molecule has 0 radical (unpaired) electrons. The second kappa shape index (κ2) is 4.98. The summed E-state index contributed by atoms with van der Waals surface area (Å²) in [5, 5.41) is 7.84. The van der Waals surface area contributed by atoms with Crippen LogP contribution in [0.2, 0.25) is 0 Å². The zero-order valence-electron chi connectivity index (χ0n) is 11.7. The molecule has 2 heterocycles. The molecule has 1 N–H and O–H groups in total. The number of aromatic nitrogens is 2. The molecule has 0 bridgehead atoms. The lowest BCUT2D eigenvalue weighted by Gasteiger charge is -2.13. The number of hydrogen-bond acceptors (Lipinski definition) is 3. The molecule has 1 atom stereocenters. The largest absolute Gasteiger partial charge is 0.466 e. The standard InChI is InChI=1S/C14H21N3O/c1-9-6-13(17(5)16-9)8-15-11(3)14-7-10(2)18-12(14)4/h6-7,11,15H,8H2,1-5H3.